The average Bonchev–Trinajstić information content (AvgIpc) is 2.73. The van der Waals surface area contributed by atoms with Crippen LogP contribution in [0.4, 0.5) is 0 Å². The summed E-state index contributed by atoms with van der Waals surface area (Å²) in [7, 11) is 1.28. The molecule has 0 spiro atoms. The van der Waals surface area contributed by atoms with E-state index < -0.39 is 5.97 Å². The molecule has 0 fully saturated rings. The van der Waals surface area contributed by atoms with Gasteiger partial charge in [-0.2, -0.15) is 0 Å². The summed E-state index contributed by atoms with van der Waals surface area (Å²) in [5.74, 6) is 0.122. The second-order valence-electron chi connectivity index (χ2n) is 6.03. The Labute approximate surface area is 156 Å². The molecule has 0 unspecified atom stereocenters. The van der Waals surface area contributed by atoms with E-state index in [0.717, 1.165) is 0 Å². The highest BCUT2D eigenvalue weighted by Gasteiger charge is 2.31. The zero-order chi connectivity index (χ0) is 18.8. The van der Waals surface area contributed by atoms with Crippen LogP contribution in [0.1, 0.15) is 21.5 Å². The highest BCUT2D eigenvalue weighted by molar-refractivity contribution is 6.30. The Bertz CT molecular complexity index is 1020. The van der Waals surface area contributed by atoms with Gasteiger partial charge >= 0.3 is 5.97 Å². The van der Waals surface area contributed by atoms with E-state index in [0.29, 0.717) is 33.8 Å². The van der Waals surface area contributed by atoms with Crippen LogP contribution >= 0.6 is 0 Å². The van der Waals surface area contributed by atoms with Gasteiger partial charge in [0, 0.05) is 22.3 Å². The van der Waals surface area contributed by atoms with E-state index in [1.807, 2.05) is 54.6 Å². The van der Waals surface area contributed by atoms with Gasteiger partial charge in [-0.3, -0.25) is 4.79 Å². The summed E-state index contributed by atoms with van der Waals surface area (Å²) >= 11 is 0. The third-order valence-corrected chi connectivity index (χ3v) is 4.44. The number of esters is 1. The van der Waals surface area contributed by atoms with Crippen molar-refractivity contribution in [3.8, 4) is 11.5 Å². The SMILES string of the molecule is COC(=O)C(C(=O)c1ccccc1)=C1c2ccccc2Oc2ccccc21. The molecule has 0 aromatic heterocycles. The number of ether oxygens (including phenoxy) is 2. The molecule has 0 N–H and O–H groups in total. The van der Waals surface area contributed by atoms with Crippen LogP contribution in [0.3, 0.4) is 0 Å². The van der Waals surface area contributed by atoms with Crippen LogP contribution in [0.5, 0.6) is 11.5 Å². The van der Waals surface area contributed by atoms with Gasteiger partial charge in [0.15, 0.2) is 0 Å². The predicted octanol–water partition coefficient (Wildman–Crippen LogP) is 4.65. The Kier molecular flexibility index (Phi) is 4.30. The smallest absolute Gasteiger partial charge is 0.342 e. The molecule has 4 nitrogen and oxygen atoms in total. The number of fused-ring (bicyclic) bond motifs is 2. The van der Waals surface area contributed by atoms with Crippen LogP contribution < -0.4 is 4.74 Å². The molecule has 1 heterocycles. The molecular weight excluding hydrogens is 340 g/mol. The molecule has 3 aromatic rings. The molecule has 0 aliphatic carbocycles. The Hall–Kier alpha value is -3.66. The Balaban J connectivity index is 2.05. The summed E-state index contributed by atoms with van der Waals surface area (Å²) in [5.41, 5.74) is 2.30. The van der Waals surface area contributed by atoms with E-state index in [9.17, 15) is 9.59 Å². The van der Waals surface area contributed by atoms with Crippen molar-refractivity contribution in [1.29, 1.82) is 0 Å². The highest BCUT2D eigenvalue weighted by Crippen LogP contribution is 2.45. The fraction of sp³-hybridized carbons (Fsp3) is 0.0435. The number of ketones is 1. The molecule has 1 aliphatic rings. The summed E-state index contributed by atoms with van der Waals surface area (Å²) in [6, 6.07) is 23.4. The van der Waals surface area contributed by atoms with E-state index >= 15 is 0 Å². The maximum absolute atomic E-state index is 13.3. The van der Waals surface area contributed by atoms with Gasteiger partial charge in [-0.25, -0.2) is 4.79 Å². The first-order valence-corrected chi connectivity index (χ1v) is 8.49. The van der Waals surface area contributed by atoms with Gasteiger partial charge in [0.1, 0.15) is 17.1 Å². The minimum atomic E-state index is -0.676. The molecule has 0 radical (unpaired) electrons. The van der Waals surface area contributed by atoms with Crippen molar-refractivity contribution in [3.63, 3.8) is 0 Å². The van der Waals surface area contributed by atoms with E-state index in [1.165, 1.54) is 7.11 Å². The fourth-order valence-corrected chi connectivity index (χ4v) is 3.20. The number of Topliss-reactive ketones (excluding diaryl/α,β-unsaturated/α-hetero) is 1. The second kappa shape index (κ2) is 6.92. The van der Waals surface area contributed by atoms with E-state index in [-0.39, 0.29) is 11.4 Å². The zero-order valence-electron chi connectivity index (χ0n) is 14.6. The van der Waals surface area contributed by atoms with E-state index in [1.54, 1.807) is 24.3 Å². The van der Waals surface area contributed by atoms with Gasteiger partial charge < -0.3 is 9.47 Å². The average molecular weight is 356 g/mol. The van der Waals surface area contributed by atoms with Crippen LogP contribution in [0, 0.1) is 0 Å². The third kappa shape index (κ3) is 2.91. The van der Waals surface area contributed by atoms with Crippen molar-refractivity contribution in [3.05, 3.63) is 101 Å². The van der Waals surface area contributed by atoms with Crippen molar-refractivity contribution in [2.75, 3.05) is 7.11 Å². The molecule has 132 valence electrons. The second-order valence-corrected chi connectivity index (χ2v) is 6.03. The molecule has 0 saturated carbocycles. The number of carbonyl (C=O) groups excluding carboxylic acids is 2. The van der Waals surface area contributed by atoms with Gasteiger partial charge in [0.2, 0.25) is 5.78 Å². The topological polar surface area (TPSA) is 52.6 Å². The lowest BCUT2D eigenvalue weighted by Crippen LogP contribution is -2.19. The van der Waals surface area contributed by atoms with Crippen LogP contribution in [-0.2, 0) is 9.53 Å². The van der Waals surface area contributed by atoms with Crippen LogP contribution in [0.25, 0.3) is 5.57 Å². The monoisotopic (exact) mass is 356 g/mol. The third-order valence-electron chi connectivity index (χ3n) is 4.44. The molecule has 0 amide bonds. The summed E-state index contributed by atoms with van der Waals surface area (Å²) in [6.07, 6.45) is 0. The first kappa shape index (κ1) is 16.8. The lowest BCUT2D eigenvalue weighted by molar-refractivity contribution is -0.135. The van der Waals surface area contributed by atoms with Crippen molar-refractivity contribution in [1.82, 2.24) is 0 Å². The Morgan fingerprint density at radius 1 is 0.741 bits per heavy atom. The van der Waals surface area contributed by atoms with E-state index in [4.69, 9.17) is 9.47 Å². The summed E-state index contributed by atoms with van der Waals surface area (Å²) in [4.78, 5) is 26.0. The molecule has 0 atom stereocenters. The Morgan fingerprint density at radius 2 is 1.26 bits per heavy atom. The van der Waals surface area contributed by atoms with Gasteiger partial charge in [-0.05, 0) is 12.1 Å². The van der Waals surface area contributed by atoms with Crippen LogP contribution in [-0.4, -0.2) is 18.9 Å². The molecule has 0 bridgehead atoms. The molecule has 1 aliphatic heterocycles. The molecule has 27 heavy (non-hydrogen) atoms. The standard InChI is InChI=1S/C23H16O4/c1-26-23(25)21(22(24)15-9-3-2-4-10-15)20-16-11-5-7-13-18(16)27-19-14-8-6-12-17(19)20/h2-14H,1H3. The number of hydrogen-bond acceptors (Lipinski definition) is 4. The number of para-hydroxylation sites is 2. The first-order valence-electron chi connectivity index (χ1n) is 8.49. The van der Waals surface area contributed by atoms with Crippen LogP contribution in [0.2, 0.25) is 0 Å². The van der Waals surface area contributed by atoms with Gasteiger partial charge in [0.05, 0.1) is 7.11 Å². The van der Waals surface area contributed by atoms with Gasteiger partial charge in [0.25, 0.3) is 0 Å². The molecule has 4 rings (SSSR count). The summed E-state index contributed by atoms with van der Waals surface area (Å²) in [5, 5.41) is 0. The number of rotatable bonds is 3. The largest absolute Gasteiger partial charge is 0.465 e. The lowest BCUT2D eigenvalue weighted by atomic mass is 9.87. The van der Waals surface area contributed by atoms with Crippen molar-refractivity contribution in [2.24, 2.45) is 0 Å². The number of hydrogen-bond donors (Lipinski definition) is 0. The number of carbonyl (C=O) groups is 2. The Morgan fingerprint density at radius 3 is 1.81 bits per heavy atom. The number of methoxy groups -OCH3 is 1. The van der Waals surface area contributed by atoms with Gasteiger partial charge in [-0.15, -0.1) is 0 Å². The van der Waals surface area contributed by atoms with Gasteiger partial charge in [-0.1, -0.05) is 66.7 Å². The molecule has 3 aromatic carbocycles. The summed E-state index contributed by atoms with van der Waals surface area (Å²) in [6.45, 7) is 0. The maximum atomic E-state index is 13.3. The molecular formula is C23H16O4. The minimum Gasteiger partial charge on any atom is -0.465 e. The molecule has 4 heteroatoms. The minimum absolute atomic E-state index is 0.00750. The zero-order valence-corrected chi connectivity index (χ0v) is 14.6. The predicted molar refractivity (Wildman–Crippen MR) is 102 cm³/mol. The summed E-state index contributed by atoms with van der Waals surface area (Å²) < 4.78 is 10.9. The quantitative estimate of drug-likeness (QED) is 0.176. The lowest BCUT2D eigenvalue weighted by Gasteiger charge is -2.24. The van der Waals surface area contributed by atoms with Crippen molar-refractivity contribution < 1.29 is 19.1 Å². The number of benzene rings is 3. The van der Waals surface area contributed by atoms with E-state index in [2.05, 4.69) is 0 Å². The van der Waals surface area contributed by atoms with Crippen molar-refractivity contribution >= 4 is 17.3 Å². The van der Waals surface area contributed by atoms with Crippen molar-refractivity contribution in [2.45, 2.75) is 0 Å². The highest BCUT2D eigenvalue weighted by atomic mass is 16.5. The molecule has 0 saturated heterocycles. The van der Waals surface area contributed by atoms with Crippen LogP contribution in [0.15, 0.2) is 84.4 Å². The normalized spacial score (nSPS) is 11.7. The maximum Gasteiger partial charge on any atom is 0.342 e. The fourth-order valence-electron chi connectivity index (χ4n) is 3.20. The first-order chi connectivity index (χ1) is 13.2.